The average molecular weight is 294 g/mol. The number of hydrogen-bond acceptors (Lipinski definition) is 3. The molecule has 3 rings (SSSR count). The Hall–Kier alpha value is -1.40. The largest absolute Gasteiger partial charge is 0.338 e. The van der Waals surface area contributed by atoms with Crippen molar-refractivity contribution in [3.63, 3.8) is 0 Å². The van der Waals surface area contributed by atoms with Gasteiger partial charge in [0, 0.05) is 25.0 Å². The molecule has 1 aromatic rings. The molecular weight excluding hydrogens is 276 g/mol. The molecule has 1 atom stereocenters. The van der Waals surface area contributed by atoms with E-state index >= 15 is 0 Å². The number of likely N-dealkylation sites (tertiary alicyclic amines) is 1. The van der Waals surface area contributed by atoms with Gasteiger partial charge in [0.1, 0.15) is 0 Å². The molecule has 1 amide bonds. The van der Waals surface area contributed by atoms with Crippen molar-refractivity contribution in [2.24, 2.45) is 0 Å². The lowest BCUT2D eigenvalue weighted by Crippen LogP contribution is -2.37. The van der Waals surface area contributed by atoms with E-state index in [4.69, 9.17) is 0 Å². The molecule has 0 bridgehead atoms. The Morgan fingerprint density at radius 2 is 2.05 bits per heavy atom. The van der Waals surface area contributed by atoms with Crippen LogP contribution in [0.15, 0.2) is 29.2 Å². The SMILES string of the molecule is Cc1cccc(S(=O)(=O)NC2CC(=O)N(C3CC3)C2)c1. The summed E-state index contributed by atoms with van der Waals surface area (Å²) >= 11 is 0. The number of carbonyl (C=O) groups excluding carboxylic acids is 1. The fourth-order valence-electron chi connectivity index (χ4n) is 2.62. The molecule has 1 unspecified atom stereocenters. The first-order chi connectivity index (χ1) is 9.45. The lowest BCUT2D eigenvalue weighted by molar-refractivity contribution is -0.128. The molecule has 2 fully saturated rings. The molecule has 0 spiro atoms. The van der Waals surface area contributed by atoms with Gasteiger partial charge in [0.2, 0.25) is 15.9 Å². The maximum absolute atomic E-state index is 12.3. The van der Waals surface area contributed by atoms with Crippen molar-refractivity contribution in [2.45, 2.75) is 43.2 Å². The Bertz CT molecular complexity index is 638. The first kappa shape index (κ1) is 13.6. The van der Waals surface area contributed by atoms with Gasteiger partial charge in [-0.15, -0.1) is 0 Å². The second kappa shape index (κ2) is 4.86. The van der Waals surface area contributed by atoms with E-state index in [0.29, 0.717) is 12.6 Å². The lowest BCUT2D eigenvalue weighted by atomic mass is 10.2. The van der Waals surface area contributed by atoms with Crippen LogP contribution in [0.2, 0.25) is 0 Å². The predicted molar refractivity (Wildman–Crippen MR) is 74.6 cm³/mol. The number of aryl methyl sites for hydroxylation is 1. The molecule has 0 radical (unpaired) electrons. The molecule has 1 aliphatic carbocycles. The van der Waals surface area contributed by atoms with Crippen LogP contribution < -0.4 is 4.72 Å². The van der Waals surface area contributed by atoms with Gasteiger partial charge in [0.05, 0.1) is 4.90 Å². The standard InChI is InChI=1S/C14H18N2O3S/c1-10-3-2-4-13(7-10)20(18,19)15-11-8-14(17)16(9-11)12-5-6-12/h2-4,7,11-12,15H,5-6,8-9H2,1H3. The molecule has 1 aromatic carbocycles. The molecule has 2 aliphatic rings. The molecule has 6 heteroatoms. The summed E-state index contributed by atoms with van der Waals surface area (Å²) < 4.78 is 27.2. The van der Waals surface area contributed by atoms with Crippen LogP contribution in [0.4, 0.5) is 0 Å². The van der Waals surface area contributed by atoms with E-state index in [9.17, 15) is 13.2 Å². The fourth-order valence-corrected chi connectivity index (χ4v) is 3.95. The summed E-state index contributed by atoms with van der Waals surface area (Å²) in [6, 6.07) is 6.82. The van der Waals surface area contributed by atoms with E-state index in [-0.39, 0.29) is 23.3 Å². The summed E-state index contributed by atoms with van der Waals surface area (Å²) in [6.45, 7) is 2.35. The van der Waals surface area contributed by atoms with Crippen molar-refractivity contribution in [2.75, 3.05) is 6.54 Å². The summed E-state index contributed by atoms with van der Waals surface area (Å²) in [5.74, 6) is 0.0597. The summed E-state index contributed by atoms with van der Waals surface area (Å²) in [5, 5.41) is 0. The van der Waals surface area contributed by atoms with Crippen molar-refractivity contribution in [3.8, 4) is 0 Å². The normalized spacial score (nSPS) is 23.4. The Kier molecular flexibility index (Phi) is 3.30. The Morgan fingerprint density at radius 1 is 1.30 bits per heavy atom. The van der Waals surface area contributed by atoms with Gasteiger partial charge < -0.3 is 4.90 Å². The molecule has 1 heterocycles. The van der Waals surface area contributed by atoms with E-state index in [0.717, 1.165) is 18.4 Å². The lowest BCUT2D eigenvalue weighted by Gasteiger charge is -2.16. The highest BCUT2D eigenvalue weighted by Gasteiger charge is 2.40. The summed E-state index contributed by atoms with van der Waals surface area (Å²) in [4.78, 5) is 13.9. The number of benzene rings is 1. The quantitative estimate of drug-likeness (QED) is 0.902. The number of rotatable bonds is 4. The minimum atomic E-state index is -3.55. The highest BCUT2D eigenvalue weighted by Crippen LogP contribution is 2.30. The zero-order chi connectivity index (χ0) is 14.3. The first-order valence-corrected chi connectivity index (χ1v) is 8.32. The first-order valence-electron chi connectivity index (χ1n) is 6.84. The van der Waals surface area contributed by atoms with Crippen molar-refractivity contribution < 1.29 is 13.2 Å². The van der Waals surface area contributed by atoms with Crippen LogP contribution in [0.3, 0.4) is 0 Å². The Labute approximate surface area is 119 Å². The van der Waals surface area contributed by atoms with Crippen LogP contribution in [0, 0.1) is 6.92 Å². The number of sulfonamides is 1. The van der Waals surface area contributed by atoms with E-state index in [1.807, 2.05) is 17.9 Å². The van der Waals surface area contributed by atoms with Crippen LogP contribution in [0.1, 0.15) is 24.8 Å². The van der Waals surface area contributed by atoms with Gasteiger partial charge in [-0.2, -0.15) is 0 Å². The van der Waals surface area contributed by atoms with Crippen LogP contribution >= 0.6 is 0 Å². The average Bonchev–Trinajstić information content (AvgIpc) is 3.14. The van der Waals surface area contributed by atoms with Gasteiger partial charge in [-0.3, -0.25) is 4.79 Å². The van der Waals surface area contributed by atoms with E-state index in [1.54, 1.807) is 18.2 Å². The monoisotopic (exact) mass is 294 g/mol. The molecular formula is C14H18N2O3S. The topological polar surface area (TPSA) is 66.5 Å². The predicted octanol–water partition coefficient (Wildman–Crippen LogP) is 1.04. The van der Waals surface area contributed by atoms with Crippen molar-refractivity contribution in [1.29, 1.82) is 0 Å². The van der Waals surface area contributed by atoms with Gasteiger partial charge in [0.15, 0.2) is 0 Å². The minimum Gasteiger partial charge on any atom is -0.338 e. The van der Waals surface area contributed by atoms with Crippen LogP contribution in [0.25, 0.3) is 0 Å². The number of carbonyl (C=O) groups is 1. The van der Waals surface area contributed by atoms with Crippen molar-refractivity contribution >= 4 is 15.9 Å². The van der Waals surface area contributed by atoms with E-state index in [1.165, 1.54) is 0 Å². The molecule has 1 saturated carbocycles. The fraction of sp³-hybridized carbons (Fsp3) is 0.500. The molecule has 1 N–H and O–H groups in total. The van der Waals surface area contributed by atoms with Crippen LogP contribution in [-0.4, -0.2) is 37.9 Å². The second-order valence-corrected chi connectivity index (χ2v) is 7.33. The Morgan fingerprint density at radius 3 is 2.70 bits per heavy atom. The van der Waals surface area contributed by atoms with Gasteiger partial charge >= 0.3 is 0 Å². The summed E-state index contributed by atoms with van der Waals surface area (Å²) in [5.41, 5.74) is 0.898. The van der Waals surface area contributed by atoms with E-state index < -0.39 is 10.0 Å². The minimum absolute atomic E-state index is 0.0597. The molecule has 1 saturated heterocycles. The zero-order valence-corrected chi connectivity index (χ0v) is 12.2. The third-order valence-corrected chi connectivity index (χ3v) is 5.29. The molecule has 108 valence electrons. The molecule has 20 heavy (non-hydrogen) atoms. The summed E-state index contributed by atoms with van der Waals surface area (Å²) in [7, 11) is -3.55. The van der Waals surface area contributed by atoms with Gasteiger partial charge in [-0.05, 0) is 37.5 Å². The maximum atomic E-state index is 12.3. The van der Waals surface area contributed by atoms with Gasteiger partial charge in [-0.1, -0.05) is 12.1 Å². The maximum Gasteiger partial charge on any atom is 0.240 e. The van der Waals surface area contributed by atoms with Gasteiger partial charge in [0.25, 0.3) is 0 Å². The second-order valence-electron chi connectivity index (χ2n) is 5.62. The molecule has 0 aromatic heterocycles. The van der Waals surface area contributed by atoms with Crippen LogP contribution in [-0.2, 0) is 14.8 Å². The highest BCUT2D eigenvalue weighted by atomic mass is 32.2. The highest BCUT2D eigenvalue weighted by molar-refractivity contribution is 7.89. The van der Waals surface area contributed by atoms with Gasteiger partial charge in [-0.25, -0.2) is 13.1 Å². The third-order valence-electron chi connectivity index (χ3n) is 3.77. The number of hydrogen-bond donors (Lipinski definition) is 1. The number of amides is 1. The smallest absolute Gasteiger partial charge is 0.240 e. The van der Waals surface area contributed by atoms with Crippen LogP contribution in [0.5, 0.6) is 0 Å². The molecule has 1 aliphatic heterocycles. The van der Waals surface area contributed by atoms with Crippen molar-refractivity contribution in [1.82, 2.24) is 9.62 Å². The van der Waals surface area contributed by atoms with Crippen molar-refractivity contribution in [3.05, 3.63) is 29.8 Å². The number of nitrogens with one attached hydrogen (secondary N) is 1. The zero-order valence-electron chi connectivity index (χ0n) is 11.4. The third kappa shape index (κ3) is 2.71. The molecule has 5 nitrogen and oxygen atoms in total. The Balaban J connectivity index is 1.72. The van der Waals surface area contributed by atoms with E-state index in [2.05, 4.69) is 4.72 Å². The summed E-state index contributed by atoms with van der Waals surface area (Å²) in [6.07, 6.45) is 2.35. The number of nitrogens with zero attached hydrogens (tertiary/aromatic N) is 1.